The van der Waals surface area contributed by atoms with E-state index in [9.17, 15) is 9.90 Å². The molecule has 1 amide bonds. The lowest BCUT2D eigenvalue weighted by atomic mass is 10.1. The van der Waals surface area contributed by atoms with Crippen molar-refractivity contribution in [3.05, 3.63) is 65.7 Å². The molecule has 0 fully saturated rings. The van der Waals surface area contributed by atoms with Gasteiger partial charge in [-0.25, -0.2) is 0 Å². The van der Waals surface area contributed by atoms with Crippen molar-refractivity contribution in [1.82, 2.24) is 14.7 Å². The second kappa shape index (κ2) is 7.17. The van der Waals surface area contributed by atoms with Crippen LogP contribution in [0, 0.1) is 6.92 Å². The molecule has 3 heterocycles. The summed E-state index contributed by atoms with van der Waals surface area (Å²) in [6, 6.07) is 11.4. The Morgan fingerprint density at radius 2 is 2.12 bits per heavy atom. The first-order chi connectivity index (χ1) is 12.4. The van der Waals surface area contributed by atoms with Crippen LogP contribution in [-0.4, -0.2) is 32.5 Å². The van der Waals surface area contributed by atoms with Gasteiger partial charge >= 0.3 is 0 Å². The SMILES string of the molecule is Cc1cc2ccc(OCc3ccccn3)cn2c1C(=O)NC(C)(C)CO. The summed E-state index contributed by atoms with van der Waals surface area (Å²) in [6.45, 7) is 5.66. The van der Waals surface area contributed by atoms with Crippen LogP contribution >= 0.6 is 0 Å². The number of aliphatic hydroxyl groups is 1. The van der Waals surface area contributed by atoms with Crippen LogP contribution in [0.2, 0.25) is 0 Å². The normalized spacial score (nSPS) is 11.5. The van der Waals surface area contributed by atoms with Gasteiger partial charge in [-0.1, -0.05) is 6.07 Å². The van der Waals surface area contributed by atoms with Crippen molar-refractivity contribution < 1.29 is 14.6 Å². The van der Waals surface area contributed by atoms with E-state index in [2.05, 4.69) is 10.3 Å². The summed E-state index contributed by atoms with van der Waals surface area (Å²) in [5, 5.41) is 12.3. The highest BCUT2D eigenvalue weighted by Gasteiger charge is 2.23. The minimum Gasteiger partial charge on any atom is -0.486 e. The number of rotatable bonds is 6. The number of hydrogen-bond acceptors (Lipinski definition) is 4. The molecule has 2 N–H and O–H groups in total. The van der Waals surface area contributed by atoms with Crippen molar-refractivity contribution in [1.29, 1.82) is 0 Å². The van der Waals surface area contributed by atoms with Gasteiger partial charge < -0.3 is 19.6 Å². The Labute approximate surface area is 152 Å². The van der Waals surface area contributed by atoms with Crippen LogP contribution in [0.1, 0.15) is 35.6 Å². The van der Waals surface area contributed by atoms with E-state index in [-0.39, 0.29) is 12.5 Å². The highest BCUT2D eigenvalue weighted by molar-refractivity contribution is 5.96. The third kappa shape index (κ3) is 3.86. The number of carbonyl (C=O) groups excluding carboxylic acids is 1. The summed E-state index contributed by atoms with van der Waals surface area (Å²) in [4.78, 5) is 16.9. The number of nitrogens with zero attached hydrogens (tertiary/aromatic N) is 2. The fourth-order valence-corrected chi connectivity index (χ4v) is 2.70. The number of ether oxygens (including phenoxy) is 1. The predicted octanol–water partition coefficient (Wildman–Crippen LogP) is 2.72. The molecule has 3 aromatic heterocycles. The maximum atomic E-state index is 12.7. The van der Waals surface area contributed by atoms with E-state index < -0.39 is 5.54 Å². The van der Waals surface area contributed by atoms with Crippen molar-refractivity contribution in [2.45, 2.75) is 32.9 Å². The highest BCUT2D eigenvalue weighted by Crippen LogP contribution is 2.21. The third-order valence-corrected chi connectivity index (χ3v) is 4.11. The number of carbonyl (C=O) groups is 1. The minimum absolute atomic E-state index is 0.139. The molecule has 3 rings (SSSR count). The number of nitrogens with one attached hydrogen (secondary N) is 1. The number of fused-ring (bicyclic) bond motifs is 1. The van der Waals surface area contributed by atoms with Crippen molar-refractivity contribution in [2.75, 3.05) is 6.61 Å². The predicted molar refractivity (Wildman–Crippen MR) is 99.3 cm³/mol. The fraction of sp³-hybridized carbons (Fsp3) is 0.300. The molecule has 6 heteroatoms. The maximum absolute atomic E-state index is 12.7. The Balaban J connectivity index is 1.87. The van der Waals surface area contributed by atoms with E-state index in [1.54, 1.807) is 26.2 Å². The Morgan fingerprint density at radius 1 is 1.31 bits per heavy atom. The first kappa shape index (κ1) is 17.9. The standard InChI is InChI=1S/C20H23N3O3/c1-14-10-16-7-8-17(26-12-15-6-4-5-9-21-15)11-23(16)18(14)19(25)22-20(2,3)13-24/h4-11,24H,12-13H2,1-3H3,(H,22,25). The molecule has 0 aliphatic rings. The molecule has 26 heavy (non-hydrogen) atoms. The summed E-state index contributed by atoms with van der Waals surface area (Å²) in [7, 11) is 0. The van der Waals surface area contributed by atoms with Crippen LogP contribution in [0.3, 0.4) is 0 Å². The van der Waals surface area contributed by atoms with Crippen LogP contribution in [0.5, 0.6) is 5.75 Å². The van der Waals surface area contributed by atoms with E-state index >= 15 is 0 Å². The van der Waals surface area contributed by atoms with Gasteiger partial charge in [0.15, 0.2) is 0 Å². The molecule has 0 saturated heterocycles. The van der Waals surface area contributed by atoms with Crippen LogP contribution in [0.25, 0.3) is 5.52 Å². The van der Waals surface area contributed by atoms with Crippen molar-refractivity contribution in [3.8, 4) is 5.75 Å². The minimum atomic E-state index is -0.694. The second-order valence-corrected chi connectivity index (χ2v) is 6.94. The Hall–Kier alpha value is -2.86. The molecule has 3 aromatic rings. The van der Waals surface area contributed by atoms with Gasteiger partial charge in [0.25, 0.3) is 5.91 Å². The monoisotopic (exact) mass is 353 g/mol. The van der Waals surface area contributed by atoms with E-state index in [0.29, 0.717) is 18.1 Å². The summed E-state index contributed by atoms with van der Waals surface area (Å²) in [6.07, 6.45) is 3.52. The number of pyridine rings is 2. The van der Waals surface area contributed by atoms with Crippen molar-refractivity contribution >= 4 is 11.4 Å². The van der Waals surface area contributed by atoms with Gasteiger partial charge in [0.1, 0.15) is 18.1 Å². The molecule has 0 aliphatic heterocycles. The summed E-state index contributed by atoms with van der Waals surface area (Å²) in [5.41, 5.74) is 2.43. The topological polar surface area (TPSA) is 75.9 Å². The van der Waals surface area contributed by atoms with Gasteiger partial charge in [0.05, 0.1) is 24.0 Å². The average molecular weight is 353 g/mol. The zero-order valence-electron chi connectivity index (χ0n) is 15.2. The van der Waals surface area contributed by atoms with E-state index in [1.807, 2.05) is 47.7 Å². The molecule has 0 spiro atoms. The first-order valence-electron chi connectivity index (χ1n) is 8.47. The van der Waals surface area contributed by atoms with Crippen molar-refractivity contribution in [3.63, 3.8) is 0 Å². The van der Waals surface area contributed by atoms with Crippen LogP contribution in [-0.2, 0) is 6.61 Å². The van der Waals surface area contributed by atoms with Gasteiger partial charge in [-0.2, -0.15) is 0 Å². The van der Waals surface area contributed by atoms with Gasteiger partial charge in [-0.15, -0.1) is 0 Å². The van der Waals surface area contributed by atoms with Gasteiger partial charge in [-0.3, -0.25) is 9.78 Å². The summed E-state index contributed by atoms with van der Waals surface area (Å²) >= 11 is 0. The maximum Gasteiger partial charge on any atom is 0.269 e. The smallest absolute Gasteiger partial charge is 0.269 e. The zero-order valence-corrected chi connectivity index (χ0v) is 15.2. The molecule has 0 atom stereocenters. The lowest BCUT2D eigenvalue weighted by Gasteiger charge is -2.23. The molecular weight excluding hydrogens is 330 g/mol. The number of aromatic nitrogens is 2. The quantitative estimate of drug-likeness (QED) is 0.714. The Morgan fingerprint density at radius 3 is 2.81 bits per heavy atom. The molecular formula is C20H23N3O3. The second-order valence-electron chi connectivity index (χ2n) is 6.94. The number of aliphatic hydroxyl groups excluding tert-OH is 1. The molecule has 6 nitrogen and oxygen atoms in total. The lowest BCUT2D eigenvalue weighted by molar-refractivity contribution is 0.0862. The third-order valence-electron chi connectivity index (χ3n) is 4.11. The molecule has 0 bridgehead atoms. The fourth-order valence-electron chi connectivity index (χ4n) is 2.70. The molecule has 136 valence electrons. The molecule has 0 aliphatic carbocycles. The van der Waals surface area contributed by atoms with Gasteiger partial charge in [-0.05, 0) is 56.7 Å². The Kier molecular flexibility index (Phi) is 4.95. The average Bonchev–Trinajstić information content (AvgIpc) is 2.95. The highest BCUT2D eigenvalue weighted by atomic mass is 16.5. The van der Waals surface area contributed by atoms with E-state index in [4.69, 9.17) is 4.74 Å². The van der Waals surface area contributed by atoms with E-state index in [0.717, 1.165) is 16.8 Å². The summed E-state index contributed by atoms with van der Waals surface area (Å²) in [5.74, 6) is 0.414. The van der Waals surface area contributed by atoms with Crippen molar-refractivity contribution in [2.24, 2.45) is 0 Å². The first-order valence-corrected chi connectivity index (χ1v) is 8.47. The molecule has 0 saturated carbocycles. The van der Waals surface area contributed by atoms with Crippen LogP contribution in [0.4, 0.5) is 0 Å². The number of aryl methyl sites for hydroxylation is 1. The van der Waals surface area contributed by atoms with Gasteiger partial charge in [0, 0.05) is 11.7 Å². The number of hydrogen-bond donors (Lipinski definition) is 2. The summed E-state index contributed by atoms with van der Waals surface area (Å²) < 4.78 is 7.62. The number of amides is 1. The Bertz CT molecular complexity index is 917. The van der Waals surface area contributed by atoms with Gasteiger partial charge in [0.2, 0.25) is 0 Å². The molecule has 0 aromatic carbocycles. The molecule has 0 unspecified atom stereocenters. The van der Waals surface area contributed by atoms with E-state index in [1.165, 1.54) is 0 Å². The van der Waals surface area contributed by atoms with Crippen LogP contribution in [0.15, 0.2) is 48.8 Å². The molecule has 0 radical (unpaired) electrons. The largest absolute Gasteiger partial charge is 0.486 e. The lowest BCUT2D eigenvalue weighted by Crippen LogP contribution is -2.46. The van der Waals surface area contributed by atoms with Crippen LogP contribution < -0.4 is 10.1 Å². The zero-order chi connectivity index (χ0) is 18.7.